The fraction of sp³-hybridized carbons (Fsp3) is 0.231. The second-order valence-corrected chi connectivity index (χ2v) is 3.96. The van der Waals surface area contributed by atoms with Gasteiger partial charge in [0.1, 0.15) is 12.1 Å². The third-order valence-corrected chi connectivity index (χ3v) is 2.66. The highest BCUT2D eigenvalue weighted by Crippen LogP contribution is 2.15. The molecule has 0 N–H and O–H groups in total. The Kier molecular flexibility index (Phi) is 2.60. The molecule has 3 nitrogen and oxygen atoms in total. The lowest BCUT2D eigenvalue weighted by atomic mass is 10.1. The molecule has 2 rings (SSSR count). The highest BCUT2D eigenvalue weighted by atomic mass is 16.1. The molecule has 0 amide bonds. The Morgan fingerprint density at radius 2 is 2.00 bits per heavy atom. The summed E-state index contributed by atoms with van der Waals surface area (Å²) in [6, 6.07) is 5.77. The molecular weight excluding hydrogens is 200 g/mol. The molecule has 1 aromatic heterocycles. The first-order valence-electron chi connectivity index (χ1n) is 5.20. The van der Waals surface area contributed by atoms with Crippen molar-refractivity contribution < 1.29 is 4.79 Å². The monoisotopic (exact) mass is 214 g/mol. The smallest absolute Gasteiger partial charge is 0.150 e. The van der Waals surface area contributed by atoms with Gasteiger partial charge in [0.2, 0.25) is 0 Å². The zero-order valence-electron chi connectivity index (χ0n) is 9.69. The first-order valence-corrected chi connectivity index (χ1v) is 5.20. The van der Waals surface area contributed by atoms with Crippen molar-refractivity contribution in [2.75, 3.05) is 0 Å². The van der Waals surface area contributed by atoms with E-state index in [1.165, 1.54) is 0 Å². The number of aromatic nitrogens is 2. The van der Waals surface area contributed by atoms with Crippen LogP contribution in [0.1, 0.15) is 27.4 Å². The van der Waals surface area contributed by atoms with Gasteiger partial charge in [0.05, 0.1) is 5.69 Å². The SMILES string of the molecule is Cc1cn(-c2ccc(C=O)c(C)c2)c(C)n1. The maximum absolute atomic E-state index is 10.7. The quantitative estimate of drug-likeness (QED) is 0.720. The standard InChI is InChI=1S/C13H14N2O/c1-9-6-13(5-4-12(9)8-16)15-7-10(2)14-11(15)3/h4-8H,1-3H3. The average Bonchev–Trinajstić information content (AvgIpc) is 2.58. The predicted molar refractivity (Wildman–Crippen MR) is 63.2 cm³/mol. The highest BCUT2D eigenvalue weighted by molar-refractivity contribution is 5.77. The van der Waals surface area contributed by atoms with Crippen LogP contribution < -0.4 is 0 Å². The Morgan fingerprint density at radius 3 is 2.50 bits per heavy atom. The maximum atomic E-state index is 10.7. The van der Waals surface area contributed by atoms with E-state index in [-0.39, 0.29) is 0 Å². The predicted octanol–water partition coefficient (Wildman–Crippen LogP) is 2.61. The lowest BCUT2D eigenvalue weighted by Crippen LogP contribution is -1.97. The number of carbonyl (C=O) groups excluding carboxylic acids is 1. The molecule has 0 saturated heterocycles. The number of aryl methyl sites for hydroxylation is 3. The third-order valence-electron chi connectivity index (χ3n) is 2.66. The molecule has 0 aliphatic carbocycles. The molecule has 0 bridgehead atoms. The summed E-state index contributed by atoms with van der Waals surface area (Å²) in [5.41, 5.74) is 3.76. The van der Waals surface area contributed by atoms with Crippen molar-refractivity contribution >= 4 is 6.29 Å². The van der Waals surface area contributed by atoms with Gasteiger partial charge in [0, 0.05) is 17.4 Å². The molecule has 0 saturated carbocycles. The van der Waals surface area contributed by atoms with Gasteiger partial charge in [-0.1, -0.05) is 0 Å². The fourth-order valence-corrected chi connectivity index (χ4v) is 1.82. The fourth-order valence-electron chi connectivity index (χ4n) is 1.82. The summed E-state index contributed by atoms with van der Waals surface area (Å²) in [6.45, 7) is 5.87. The van der Waals surface area contributed by atoms with Gasteiger partial charge in [-0.25, -0.2) is 4.98 Å². The Labute approximate surface area is 94.7 Å². The van der Waals surface area contributed by atoms with Crippen molar-refractivity contribution in [1.29, 1.82) is 0 Å². The van der Waals surface area contributed by atoms with Gasteiger partial charge in [-0.05, 0) is 44.5 Å². The van der Waals surface area contributed by atoms with Crippen molar-refractivity contribution in [3.63, 3.8) is 0 Å². The van der Waals surface area contributed by atoms with Crippen LogP contribution in [0.2, 0.25) is 0 Å². The van der Waals surface area contributed by atoms with Crippen molar-refractivity contribution in [2.45, 2.75) is 20.8 Å². The average molecular weight is 214 g/mol. The highest BCUT2D eigenvalue weighted by Gasteiger charge is 2.04. The molecular formula is C13H14N2O. The van der Waals surface area contributed by atoms with Gasteiger partial charge in [0.15, 0.2) is 0 Å². The van der Waals surface area contributed by atoms with E-state index in [0.717, 1.165) is 34.6 Å². The number of rotatable bonds is 2. The van der Waals surface area contributed by atoms with Gasteiger partial charge >= 0.3 is 0 Å². The molecule has 0 unspecified atom stereocenters. The number of benzene rings is 1. The van der Waals surface area contributed by atoms with Gasteiger partial charge in [-0.2, -0.15) is 0 Å². The van der Waals surface area contributed by atoms with Crippen LogP contribution in [0.15, 0.2) is 24.4 Å². The van der Waals surface area contributed by atoms with Crippen molar-refractivity contribution in [1.82, 2.24) is 9.55 Å². The van der Waals surface area contributed by atoms with E-state index in [9.17, 15) is 4.79 Å². The first-order chi connectivity index (χ1) is 7.61. The van der Waals surface area contributed by atoms with Crippen LogP contribution in [-0.2, 0) is 0 Å². The number of hydrogen-bond donors (Lipinski definition) is 0. The molecule has 0 aliphatic rings. The second-order valence-electron chi connectivity index (χ2n) is 3.96. The van der Waals surface area contributed by atoms with Crippen LogP contribution in [0.25, 0.3) is 5.69 Å². The zero-order chi connectivity index (χ0) is 11.7. The normalized spacial score (nSPS) is 10.4. The molecule has 0 spiro atoms. The summed E-state index contributed by atoms with van der Waals surface area (Å²) in [4.78, 5) is 15.1. The molecule has 1 aromatic carbocycles. The lowest BCUT2D eigenvalue weighted by molar-refractivity contribution is 0.112. The Bertz CT molecular complexity index is 541. The lowest BCUT2D eigenvalue weighted by Gasteiger charge is -2.07. The molecule has 0 atom stereocenters. The van der Waals surface area contributed by atoms with E-state index in [4.69, 9.17) is 0 Å². The summed E-state index contributed by atoms with van der Waals surface area (Å²) in [7, 11) is 0. The Balaban J connectivity index is 2.53. The van der Waals surface area contributed by atoms with E-state index < -0.39 is 0 Å². The molecule has 82 valence electrons. The third kappa shape index (κ3) is 1.76. The van der Waals surface area contributed by atoms with E-state index in [2.05, 4.69) is 4.98 Å². The van der Waals surface area contributed by atoms with Crippen molar-refractivity contribution in [3.05, 3.63) is 47.0 Å². The molecule has 0 radical (unpaired) electrons. The summed E-state index contributed by atoms with van der Waals surface area (Å²) >= 11 is 0. The number of nitrogens with zero attached hydrogens (tertiary/aromatic N) is 2. The largest absolute Gasteiger partial charge is 0.304 e. The summed E-state index contributed by atoms with van der Waals surface area (Å²) in [5, 5.41) is 0. The van der Waals surface area contributed by atoms with Crippen molar-refractivity contribution in [2.24, 2.45) is 0 Å². The van der Waals surface area contributed by atoms with Crippen LogP contribution in [0, 0.1) is 20.8 Å². The van der Waals surface area contributed by atoms with Crippen molar-refractivity contribution in [3.8, 4) is 5.69 Å². The molecule has 2 aromatic rings. The molecule has 1 heterocycles. The van der Waals surface area contributed by atoms with E-state index in [0.29, 0.717) is 0 Å². The summed E-state index contributed by atoms with van der Waals surface area (Å²) in [5.74, 6) is 0.954. The zero-order valence-corrected chi connectivity index (χ0v) is 9.69. The van der Waals surface area contributed by atoms with Crippen LogP contribution >= 0.6 is 0 Å². The first kappa shape index (κ1) is 10.6. The van der Waals surface area contributed by atoms with Crippen LogP contribution in [0.3, 0.4) is 0 Å². The minimum absolute atomic E-state index is 0.734. The minimum Gasteiger partial charge on any atom is -0.304 e. The van der Waals surface area contributed by atoms with Crippen LogP contribution in [-0.4, -0.2) is 15.8 Å². The number of imidazole rings is 1. The molecule has 0 fully saturated rings. The van der Waals surface area contributed by atoms with E-state index in [1.807, 2.05) is 49.7 Å². The maximum Gasteiger partial charge on any atom is 0.150 e. The Morgan fingerprint density at radius 1 is 1.25 bits per heavy atom. The van der Waals surface area contributed by atoms with Gasteiger partial charge < -0.3 is 4.57 Å². The Hall–Kier alpha value is -1.90. The number of hydrogen-bond acceptors (Lipinski definition) is 2. The van der Waals surface area contributed by atoms with Crippen LogP contribution in [0.4, 0.5) is 0 Å². The van der Waals surface area contributed by atoms with Gasteiger partial charge in [-0.15, -0.1) is 0 Å². The van der Waals surface area contributed by atoms with E-state index >= 15 is 0 Å². The van der Waals surface area contributed by atoms with E-state index in [1.54, 1.807) is 0 Å². The summed E-state index contributed by atoms with van der Waals surface area (Å²) in [6.07, 6.45) is 2.87. The topological polar surface area (TPSA) is 34.9 Å². The van der Waals surface area contributed by atoms with Crippen LogP contribution in [0.5, 0.6) is 0 Å². The van der Waals surface area contributed by atoms with Gasteiger partial charge in [-0.3, -0.25) is 4.79 Å². The molecule has 3 heteroatoms. The summed E-state index contributed by atoms with van der Waals surface area (Å²) < 4.78 is 2.02. The van der Waals surface area contributed by atoms with Gasteiger partial charge in [0.25, 0.3) is 0 Å². The number of aldehydes is 1. The number of carbonyl (C=O) groups is 1. The minimum atomic E-state index is 0.734. The molecule has 0 aliphatic heterocycles. The molecule has 16 heavy (non-hydrogen) atoms. The second kappa shape index (κ2) is 3.93.